The van der Waals surface area contributed by atoms with Crippen LogP contribution in [0, 0.1) is 12.7 Å². The number of rotatable bonds is 5. The first-order valence-corrected chi connectivity index (χ1v) is 14.1. The number of fused-ring (bicyclic) bond motifs is 1. The number of carbonyl (C=O) groups excluding carboxylic acids is 1. The fourth-order valence-electron chi connectivity index (χ4n) is 4.69. The van der Waals surface area contributed by atoms with E-state index < -0.39 is 21.7 Å². The SMILES string of the molecule is Cc1ccc(C(CN2CCN(C(=O)OC(C)(C)C)[C@H](C)C2)Oc2ccc3c(c2)CCNS3(=O)=O)cc1F. The third-order valence-corrected chi connectivity index (χ3v) is 8.18. The van der Waals surface area contributed by atoms with Gasteiger partial charge in [-0.25, -0.2) is 22.3 Å². The van der Waals surface area contributed by atoms with Crippen LogP contribution in [0.15, 0.2) is 41.3 Å². The maximum Gasteiger partial charge on any atom is 0.410 e. The highest BCUT2D eigenvalue weighted by Crippen LogP contribution is 2.30. The van der Waals surface area contributed by atoms with E-state index in [2.05, 4.69) is 9.62 Å². The van der Waals surface area contributed by atoms with Crippen LogP contribution in [0.4, 0.5) is 9.18 Å². The van der Waals surface area contributed by atoms with Crippen molar-refractivity contribution in [3.05, 3.63) is 58.9 Å². The lowest BCUT2D eigenvalue weighted by Gasteiger charge is -2.41. The number of sulfonamides is 1. The molecule has 10 heteroatoms. The lowest BCUT2D eigenvalue weighted by molar-refractivity contribution is -0.00299. The summed E-state index contributed by atoms with van der Waals surface area (Å²) in [5.41, 5.74) is 1.38. The molecule has 2 heterocycles. The Morgan fingerprint density at radius 2 is 1.95 bits per heavy atom. The summed E-state index contributed by atoms with van der Waals surface area (Å²) in [6.07, 6.45) is -0.252. The highest BCUT2D eigenvalue weighted by Gasteiger charge is 2.32. The second-order valence-corrected chi connectivity index (χ2v) is 12.6. The van der Waals surface area contributed by atoms with Crippen LogP contribution in [0.3, 0.4) is 0 Å². The van der Waals surface area contributed by atoms with Crippen LogP contribution in [-0.4, -0.2) is 68.7 Å². The van der Waals surface area contributed by atoms with Crippen molar-refractivity contribution in [1.82, 2.24) is 14.5 Å². The summed E-state index contributed by atoms with van der Waals surface area (Å²) in [7, 11) is -3.51. The van der Waals surface area contributed by atoms with E-state index >= 15 is 0 Å². The molecule has 2 atom stereocenters. The topological polar surface area (TPSA) is 88.2 Å². The number of hydrogen-bond donors (Lipinski definition) is 1. The molecule has 0 aromatic heterocycles. The Balaban J connectivity index is 1.53. The highest BCUT2D eigenvalue weighted by molar-refractivity contribution is 7.89. The van der Waals surface area contributed by atoms with E-state index in [1.165, 1.54) is 6.07 Å². The molecule has 202 valence electrons. The minimum absolute atomic E-state index is 0.0690. The minimum atomic E-state index is -3.51. The van der Waals surface area contributed by atoms with Gasteiger partial charge in [-0.2, -0.15) is 0 Å². The average Bonchev–Trinajstić information content (AvgIpc) is 2.79. The molecule has 0 aliphatic carbocycles. The van der Waals surface area contributed by atoms with Crippen LogP contribution in [0.1, 0.15) is 50.5 Å². The molecule has 1 fully saturated rings. The first-order valence-electron chi connectivity index (χ1n) is 12.6. The van der Waals surface area contributed by atoms with Gasteiger partial charge in [0.15, 0.2) is 0 Å². The summed E-state index contributed by atoms with van der Waals surface area (Å²) in [6.45, 7) is 11.8. The van der Waals surface area contributed by atoms with Gasteiger partial charge in [0.25, 0.3) is 0 Å². The van der Waals surface area contributed by atoms with Crippen molar-refractivity contribution in [3.8, 4) is 5.75 Å². The fourth-order valence-corrected chi connectivity index (χ4v) is 5.97. The highest BCUT2D eigenvalue weighted by atomic mass is 32.2. The van der Waals surface area contributed by atoms with Crippen LogP contribution < -0.4 is 9.46 Å². The van der Waals surface area contributed by atoms with Crippen molar-refractivity contribution < 1.29 is 27.1 Å². The van der Waals surface area contributed by atoms with E-state index in [9.17, 15) is 17.6 Å². The summed E-state index contributed by atoms with van der Waals surface area (Å²) in [5.74, 6) is 0.221. The molecular formula is C27H36FN3O5S. The molecule has 1 amide bonds. The molecule has 0 spiro atoms. The van der Waals surface area contributed by atoms with Gasteiger partial charge in [0.1, 0.15) is 23.3 Å². The first kappa shape index (κ1) is 27.3. The lowest BCUT2D eigenvalue weighted by atomic mass is 10.0. The number of amides is 1. The third-order valence-electron chi connectivity index (χ3n) is 6.62. The van der Waals surface area contributed by atoms with Crippen LogP contribution in [0.2, 0.25) is 0 Å². The van der Waals surface area contributed by atoms with Gasteiger partial charge in [0, 0.05) is 38.8 Å². The van der Waals surface area contributed by atoms with Gasteiger partial charge < -0.3 is 14.4 Å². The van der Waals surface area contributed by atoms with Crippen LogP contribution >= 0.6 is 0 Å². The van der Waals surface area contributed by atoms with E-state index in [0.29, 0.717) is 61.6 Å². The molecule has 8 nitrogen and oxygen atoms in total. The van der Waals surface area contributed by atoms with Crippen molar-refractivity contribution in [2.75, 3.05) is 32.7 Å². The molecule has 1 saturated heterocycles. The van der Waals surface area contributed by atoms with Gasteiger partial charge >= 0.3 is 6.09 Å². The van der Waals surface area contributed by atoms with Crippen LogP contribution in [0.25, 0.3) is 0 Å². The van der Waals surface area contributed by atoms with Crippen LogP contribution in [0.5, 0.6) is 5.75 Å². The standard InChI is InChI=1S/C27H36FN3O5S/c1-18-6-7-20(15-23(18)28)24(35-22-8-9-25-21(14-22)10-11-29-37(25,33)34)17-30-12-13-31(19(2)16-30)26(32)36-27(3,4)5/h6-9,14-15,19,24,29H,10-13,16-17H2,1-5H3/t19-,24?/m1/s1. The van der Waals surface area contributed by atoms with Crippen molar-refractivity contribution in [3.63, 3.8) is 0 Å². The molecule has 1 N–H and O–H groups in total. The summed E-state index contributed by atoms with van der Waals surface area (Å²) in [4.78, 5) is 16.8. The first-order chi connectivity index (χ1) is 17.3. The number of hydrogen-bond acceptors (Lipinski definition) is 6. The predicted octanol–water partition coefficient (Wildman–Crippen LogP) is 4.03. The van der Waals surface area contributed by atoms with E-state index in [4.69, 9.17) is 9.47 Å². The fraction of sp³-hybridized carbons (Fsp3) is 0.519. The molecule has 0 bridgehead atoms. The number of ether oxygens (including phenoxy) is 2. The molecule has 0 saturated carbocycles. The van der Waals surface area contributed by atoms with Crippen molar-refractivity contribution in [2.45, 2.75) is 63.7 Å². The molecule has 2 aromatic rings. The molecule has 2 aromatic carbocycles. The number of carbonyl (C=O) groups is 1. The Hall–Kier alpha value is -2.69. The number of benzene rings is 2. The third kappa shape index (κ3) is 6.61. The summed E-state index contributed by atoms with van der Waals surface area (Å²) >= 11 is 0. The number of halogens is 1. The van der Waals surface area contributed by atoms with Gasteiger partial charge in [-0.05, 0) is 82.0 Å². The van der Waals surface area contributed by atoms with Gasteiger partial charge in [0.2, 0.25) is 10.0 Å². The van der Waals surface area contributed by atoms with E-state index in [1.54, 1.807) is 36.1 Å². The largest absolute Gasteiger partial charge is 0.484 e. The summed E-state index contributed by atoms with van der Waals surface area (Å²) in [6, 6.07) is 9.97. The second-order valence-electron chi connectivity index (χ2n) is 10.8. The smallest absolute Gasteiger partial charge is 0.410 e. The van der Waals surface area contributed by atoms with Gasteiger partial charge in [-0.3, -0.25) is 4.90 Å². The van der Waals surface area contributed by atoms with Crippen LogP contribution in [-0.2, 0) is 21.2 Å². The van der Waals surface area contributed by atoms with Crippen molar-refractivity contribution in [2.24, 2.45) is 0 Å². The van der Waals surface area contributed by atoms with E-state index in [-0.39, 0.29) is 22.8 Å². The van der Waals surface area contributed by atoms with Gasteiger partial charge in [-0.1, -0.05) is 12.1 Å². The minimum Gasteiger partial charge on any atom is -0.484 e. The molecule has 2 aliphatic rings. The zero-order valence-electron chi connectivity index (χ0n) is 22.1. The molecule has 37 heavy (non-hydrogen) atoms. The maximum absolute atomic E-state index is 14.5. The van der Waals surface area contributed by atoms with Crippen molar-refractivity contribution >= 4 is 16.1 Å². The molecule has 1 unspecified atom stereocenters. The Labute approximate surface area is 218 Å². The molecule has 4 rings (SSSR count). The lowest BCUT2D eigenvalue weighted by Crippen LogP contribution is -2.55. The Kier molecular flexibility index (Phi) is 7.83. The zero-order chi connectivity index (χ0) is 27.0. The average molecular weight is 534 g/mol. The Morgan fingerprint density at radius 3 is 2.62 bits per heavy atom. The Bertz CT molecular complexity index is 1260. The summed E-state index contributed by atoms with van der Waals surface area (Å²) in [5, 5.41) is 0. The van der Waals surface area contributed by atoms with Gasteiger partial charge in [0.05, 0.1) is 4.90 Å². The quantitative estimate of drug-likeness (QED) is 0.625. The molecular weight excluding hydrogens is 497 g/mol. The predicted molar refractivity (Wildman–Crippen MR) is 139 cm³/mol. The van der Waals surface area contributed by atoms with E-state index in [0.717, 1.165) is 0 Å². The number of aryl methyl sites for hydroxylation is 1. The molecule has 0 radical (unpaired) electrons. The maximum atomic E-state index is 14.5. The van der Waals surface area contributed by atoms with E-state index in [1.807, 2.05) is 33.8 Å². The number of nitrogens with zero attached hydrogens (tertiary/aromatic N) is 2. The number of nitrogens with one attached hydrogen (secondary N) is 1. The summed E-state index contributed by atoms with van der Waals surface area (Å²) < 4.78 is 53.6. The normalized spacial score (nSPS) is 20.7. The Morgan fingerprint density at radius 1 is 1.19 bits per heavy atom. The van der Waals surface area contributed by atoms with Gasteiger partial charge in [-0.15, -0.1) is 0 Å². The second kappa shape index (κ2) is 10.6. The van der Waals surface area contributed by atoms with Crippen molar-refractivity contribution in [1.29, 1.82) is 0 Å². The molecule has 2 aliphatic heterocycles. The zero-order valence-corrected chi connectivity index (χ0v) is 22.9. The number of piperazine rings is 1. The monoisotopic (exact) mass is 533 g/mol.